The van der Waals surface area contributed by atoms with Crippen LogP contribution in [0.25, 0.3) is 0 Å². The van der Waals surface area contributed by atoms with Gasteiger partial charge in [-0.25, -0.2) is 0 Å². The Balaban J connectivity index is 2.06. The summed E-state index contributed by atoms with van der Waals surface area (Å²) in [5, 5.41) is 9.60. The Morgan fingerprint density at radius 3 is 2.43 bits per heavy atom. The Hall–Kier alpha value is -1.08. The number of aryl methyl sites for hydroxylation is 2. The third-order valence-corrected chi connectivity index (χ3v) is 5.10. The molecule has 1 N–H and O–H groups in total. The molecular weight excluding hydrogens is 303 g/mol. The van der Waals surface area contributed by atoms with Crippen LogP contribution in [0.5, 0.6) is 0 Å². The molecule has 2 heterocycles. The van der Waals surface area contributed by atoms with Crippen molar-refractivity contribution in [2.75, 3.05) is 13.1 Å². The first-order chi connectivity index (χ1) is 9.68. The predicted octanol–water partition coefficient (Wildman–Crippen LogP) is 3.15. The van der Waals surface area contributed by atoms with Crippen LogP contribution in [0.15, 0.2) is 6.07 Å². The van der Waals surface area contributed by atoms with Gasteiger partial charge in [-0.1, -0.05) is 6.92 Å². The molecule has 0 aliphatic carbocycles. The highest BCUT2D eigenvalue weighted by Gasteiger charge is 2.54. The Morgan fingerprint density at radius 1 is 1.43 bits per heavy atom. The number of piperidine rings is 1. The van der Waals surface area contributed by atoms with Crippen LogP contribution < -0.4 is 0 Å². The molecule has 0 unspecified atom stereocenters. The average Bonchev–Trinajstić information content (AvgIpc) is 2.79. The van der Waals surface area contributed by atoms with E-state index in [1.54, 1.807) is 0 Å². The molecule has 0 saturated carbocycles. The number of hydrogen-bond donors (Lipinski definition) is 1. The molecule has 1 saturated heterocycles. The van der Waals surface area contributed by atoms with Crippen LogP contribution in [0.1, 0.15) is 39.9 Å². The van der Waals surface area contributed by atoms with E-state index in [0.29, 0.717) is 4.88 Å². The molecule has 1 aromatic heterocycles. The normalized spacial score (nSPS) is 18.9. The number of amides is 1. The van der Waals surface area contributed by atoms with Gasteiger partial charge >= 0.3 is 6.18 Å². The van der Waals surface area contributed by atoms with Crippen LogP contribution in [0.3, 0.4) is 0 Å². The second kappa shape index (κ2) is 5.61. The monoisotopic (exact) mass is 321 g/mol. The van der Waals surface area contributed by atoms with Gasteiger partial charge in [0.25, 0.3) is 5.91 Å². The van der Waals surface area contributed by atoms with E-state index in [1.165, 1.54) is 16.2 Å². The van der Waals surface area contributed by atoms with E-state index < -0.39 is 24.6 Å². The number of likely N-dealkylation sites (tertiary alicyclic amines) is 1. The van der Waals surface area contributed by atoms with Crippen LogP contribution in [0.4, 0.5) is 13.2 Å². The van der Waals surface area contributed by atoms with Crippen molar-refractivity contribution in [3.63, 3.8) is 0 Å². The maximum atomic E-state index is 12.7. The van der Waals surface area contributed by atoms with Gasteiger partial charge in [0.2, 0.25) is 0 Å². The molecule has 0 spiro atoms. The van der Waals surface area contributed by atoms with E-state index in [1.807, 2.05) is 19.9 Å². The second-order valence-corrected chi connectivity index (χ2v) is 6.62. The summed E-state index contributed by atoms with van der Waals surface area (Å²) in [5.74, 6) is -0.243. The molecular formula is C14H18F3NO2S. The number of aliphatic hydroxyl groups is 1. The minimum Gasteiger partial charge on any atom is -0.380 e. The molecule has 0 bridgehead atoms. The van der Waals surface area contributed by atoms with Crippen LogP contribution in [-0.2, 0) is 6.42 Å². The molecule has 1 fully saturated rings. The highest BCUT2D eigenvalue weighted by atomic mass is 32.1. The highest BCUT2D eigenvalue weighted by molar-refractivity contribution is 7.14. The minimum absolute atomic E-state index is 0.0761. The fourth-order valence-corrected chi connectivity index (χ4v) is 3.58. The van der Waals surface area contributed by atoms with Crippen molar-refractivity contribution in [2.24, 2.45) is 0 Å². The molecule has 0 radical (unpaired) electrons. The number of nitrogens with zero attached hydrogens (tertiary/aromatic N) is 1. The first-order valence-electron chi connectivity index (χ1n) is 6.85. The molecule has 0 atom stereocenters. The van der Waals surface area contributed by atoms with Gasteiger partial charge in [0, 0.05) is 30.8 Å². The van der Waals surface area contributed by atoms with Gasteiger partial charge in [-0.3, -0.25) is 4.79 Å². The summed E-state index contributed by atoms with van der Waals surface area (Å²) in [6.07, 6.45) is -4.75. The van der Waals surface area contributed by atoms with Crippen molar-refractivity contribution in [1.29, 1.82) is 0 Å². The largest absolute Gasteiger partial charge is 0.417 e. The fraction of sp³-hybridized carbons (Fsp3) is 0.643. The van der Waals surface area contributed by atoms with Gasteiger partial charge in [0.05, 0.1) is 4.88 Å². The third kappa shape index (κ3) is 3.08. The lowest BCUT2D eigenvalue weighted by Crippen LogP contribution is -2.54. The first kappa shape index (κ1) is 16.3. The summed E-state index contributed by atoms with van der Waals surface area (Å²) in [5.41, 5.74) is -1.57. The van der Waals surface area contributed by atoms with E-state index in [4.69, 9.17) is 0 Å². The predicted molar refractivity (Wildman–Crippen MR) is 74.6 cm³/mol. The van der Waals surface area contributed by atoms with Crippen molar-refractivity contribution in [3.8, 4) is 0 Å². The molecule has 2 rings (SSSR count). The highest BCUT2D eigenvalue weighted by Crippen LogP contribution is 2.38. The zero-order chi connectivity index (χ0) is 15.8. The lowest BCUT2D eigenvalue weighted by atomic mass is 9.90. The maximum absolute atomic E-state index is 12.7. The fourth-order valence-electron chi connectivity index (χ4n) is 2.50. The third-order valence-electron chi connectivity index (χ3n) is 4.02. The van der Waals surface area contributed by atoms with Gasteiger partial charge in [-0.15, -0.1) is 11.3 Å². The zero-order valence-electron chi connectivity index (χ0n) is 12.0. The molecule has 1 aliphatic heterocycles. The van der Waals surface area contributed by atoms with Gasteiger partial charge in [0.15, 0.2) is 5.60 Å². The zero-order valence-corrected chi connectivity index (χ0v) is 12.8. The summed E-state index contributed by atoms with van der Waals surface area (Å²) in [6, 6.07) is 1.81. The number of thiophene rings is 1. The first-order valence-corrected chi connectivity index (χ1v) is 7.67. The lowest BCUT2D eigenvalue weighted by Gasteiger charge is -2.38. The quantitative estimate of drug-likeness (QED) is 0.909. The Morgan fingerprint density at radius 2 is 2.00 bits per heavy atom. The van der Waals surface area contributed by atoms with Gasteiger partial charge in [-0.05, 0) is 25.0 Å². The number of halogens is 3. The molecule has 1 aromatic rings. The van der Waals surface area contributed by atoms with Crippen LogP contribution in [-0.4, -0.2) is 40.8 Å². The van der Waals surface area contributed by atoms with Gasteiger partial charge in [0.1, 0.15) is 0 Å². The van der Waals surface area contributed by atoms with Crippen molar-refractivity contribution in [2.45, 2.75) is 44.9 Å². The Bertz CT molecular complexity index is 531. The molecule has 3 nitrogen and oxygen atoms in total. The van der Waals surface area contributed by atoms with E-state index in [-0.39, 0.29) is 19.0 Å². The molecule has 118 valence electrons. The van der Waals surface area contributed by atoms with Crippen molar-refractivity contribution in [3.05, 3.63) is 21.4 Å². The number of alkyl halides is 3. The summed E-state index contributed by atoms with van der Waals surface area (Å²) in [6.45, 7) is 3.77. The van der Waals surface area contributed by atoms with Crippen LogP contribution in [0.2, 0.25) is 0 Å². The molecule has 0 aromatic carbocycles. The van der Waals surface area contributed by atoms with Gasteiger partial charge in [-0.2, -0.15) is 13.2 Å². The summed E-state index contributed by atoms with van der Waals surface area (Å²) in [7, 11) is 0. The standard InChI is InChI=1S/C14H18F3NO2S/c1-3-10-8-11(21-9(10)2)12(19)18-6-4-13(20,5-7-18)14(15,16)17/h8,20H,3-7H2,1-2H3. The van der Waals surface area contributed by atoms with Crippen LogP contribution in [0, 0.1) is 6.92 Å². The minimum atomic E-state index is -4.64. The Labute approximate surface area is 125 Å². The summed E-state index contributed by atoms with van der Waals surface area (Å²) >= 11 is 1.37. The Kier molecular flexibility index (Phi) is 4.35. The van der Waals surface area contributed by atoms with Gasteiger partial charge < -0.3 is 10.0 Å². The smallest absolute Gasteiger partial charge is 0.380 e. The van der Waals surface area contributed by atoms with Crippen molar-refractivity contribution in [1.82, 2.24) is 4.90 Å². The molecule has 1 amide bonds. The SMILES string of the molecule is CCc1cc(C(=O)N2CCC(O)(C(F)(F)F)CC2)sc1C. The number of rotatable bonds is 2. The average molecular weight is 321 g/mol. The molecule has 7 heteroatoms. The van der Waals surface area contributed by atoms with E-state index >= 15 is 0 Å². The number of carbonyl (C=O) groups is 1. The summed E-state index contributed by atoms with van der Waals surface area (Å²) in [4.78, 5) is 15.3. The van der Waals surface area contributed by atoms with Crippen molar-refractivity contribution >= 4 is 17.2 Å². The van der Waals surface area contributed by atoms with E-state index in [2.05, 4.69) is 0 Å². The molecule has 1 aliphatic rings. The summed E-state index contributed by atoms with van der Waals surface area (Å²) < 4.78 is 38.2. The van der Waals surface area contributed by atoms with E-state index in [0.717, 1.165) is 16.9 Å². The second-order valence-electron chi connectivity index (χ2n) is 5.37. The maximum Gasteiger partial charge on any atom is 0.417 e. The molecule has 21 heavy (non-hydrogen) atoms. The number of hydrogen-bond acceptors (Lipinski definition) is 3. The van der Waals surface area contributed by atoms with E-state index in [9.17, 15) is 23.1 Å². The van der Waals surface area contributed by atoms with Crippen LogP contribution >= 0.6 is 11.3 Å². The van der Waals surface area contributed by atoms with Crippen molar-refractivity contribution < 1.29 is 23.1 Å². The lowest BCUT2D eigenvalue weighted by molar-refractivity contribution is -0.271. The number of carbonyl (C=O) groups excluding carboxylic acids is 1. The topological polar surface area (TPSA) is 40.5 Å².